The van der Waals surface area contributed by atoms with Gasteiger partial charge in [-0.1, -0.05) is 6.07 Å². The van der Waals surface area contributed by atoms with Crippen molar-refractivity contribution in [3.63, 3.8) is 0 Å². The van der Waals surface area contributed by atoms with E-state index in [0.29, 0.717) is 12.8 Å². The molecule has 122 valence electrons. The molecule has 0 saturated carbocycles. The van der Waals surface area contributed by atoms with E-state index in [2.05, 4.69) is 5.32 Å². The molecule has 8 nitrogen and oxygen atoms in total. The van der Waals surface area contributed by atoms with Gasteiger partial charge in [-0.25, -0.2) is 5.14 Å². The summed E-state index contributed by atoms with van der Waals surface area (Å²) in [5.41, 5.74) is 0.119. The largest absolute Gasteiger partial charge is 0.504 e. The number of benzene rings is 1. The first-order valence-corrected chi connectivity index (χ1v) is 8.28. The summed E-state index contributed by atoms with van der Waals surface area (Å²) in [6, 6.07) is 4.48. The molecule has 0 aliphatic carbocycles. The molecule has 0 spiro atoms. The van der Waals surface area contributed by atoms with Crippen LogP contribution in [-0.2, 0) is 10.2 Å². The number of hydrogen-bond acceptors (Lipinski definition) is 5. The lowest BCUT2D eigenvalue weighted by Crippen LogP contribution is -2.48. The number of nitrogens with one attached hydrogen (secondary N) is 1. The third kappa shape index (κ3) is 3.67. The summed E-state index contributed by atoms with van der Waals surface area (Å²) < 4.78 is 28.6. The Bertz CT molecular complexity index is 654. The second kappa shape index (κ2) is 6.51. The number of rotatable bonds is 4. The molecule has 0 atom stereocenters. The van der Waals surface area contributed by atoms with Crippen LogP contribution in [0.25, 0.3) is 0 Å². The molecule has 22 heavy (non-hydrogen) atoms. The molecule has 1 aromatic rings. The van der Waals surface area contributed by atoms with Crippen LogP contribution in [0.2, 0.25) is 0 Å². The summed E-state index contributed by atoms with van der Waals surface area (Å²) in [7, 11) is -2.28. The van der Waals surface area contributed by atoms with Crippen LogP contribution in [0.5, 0.6) is 11.5 Å². The number of ether oxygens (including phenoxy) is 1. The van der Waals surface area contributed by atoms with Gasteiger partial charge in [0.2, 0.25) is 0 Å². The average Bonchev–Trinajstić information content (AvgIpc) is 2.47. The molecule has 1 aromatic carbocycles. The van der Waals surface area contributed by atoms with E-state index in [1.165, 1.54) is 17.5 Å². The minimum absolute atomic E-state index is 0.119. The topological polar surface area (TPSA) is 122 Å². The highest BCUT2D eigenvalue weighted by Crippen LogP contribution is 2.29. The monoisotopic (exact) mass is 329 g/mol. The first-order valence-electron chi connectivity index (χ1n) is 6.77. The van der Waals surface area contributed by atoms with Gasteiger partial charge in [0.15, 0.2) is 11.5 Å². The fraction of sp³-hybridized carbons (Fsp3) is 0.462. The molecular weight excluding hydrogens is 310 g/mol. The Morgan fingerprint density at radius 3 is 2.59 bits per heavy atom. The zero-order valence-electron chi connectivity index (χ0n) is 12.2. The molecule has 0 bridgehead atoms. The normalized spacial score (nSPS) is 17.2. The highest BCUT2D eigenvalue weighted by atomic mass is 32.2. The van der Waals surface area contributed by atoms with Gasteiger partial charge in [0.05, 0.1) is 12.7 Å². The van der Waals surface area contributed by atoms with Gasteiger partial charge in [0.25, 0.3) is 16.1 Å². The van der Waals surface area contributed by atoms with Gasteiger partial charge in [-0.2, -0.15) is 12.7 Å². The van der Waals surface area contributed by atoms with Gasteiger partial charge >= 0.3 is 0 Å². The number of methoxy groups -OCH3 is 1. The Morgan fingerprint density at radius 1 is 1.41 bits per heavy atom. The predicted octanol–water partition coefficient (Wildman–Crippen LogP) is -0.201. The molecule has 0 radical (unpaired) electrons. The summed E-state index contributed by atoms with van der Waals surface area (Å²) >= 11 is 0. The predicted molar refractivity (Wildman–Crippen MR) is 79.8 cm³/mol. The lowest BCUT2D eigenvalue weighted by molar-refractivity contribution is 0.0920. The summed E-state index contributed by atoms with van der Waals surface area (Å²) in [6.45, 7) is 0.516. The number of nitrogens with zero attached hydrogens (tertiary/aromatic N) is 1. The first-order chi connectivity index (χ1) is 10.3. The van der Waals surface area contributed by atoms with Gasteiger partial charge in [0.1, 0.15) is 0 Å². The van der Waals surface area contributed by atoms with Crippen molar-refractivity contribution in [2.75, 3.05) is 20.2 Å². The van der Waals surface area contributed by atoms with Gasteiger partial charge in [-0.15, -0.1) is 0 Å². The van der Waals surface area contributed by atoms with Gasteiger partial charge < -0.3 is 15.2 Å². The molecule has 1 amide bonds. The van der Waals surface area contributed by atoms with E-state index >= 15 is 0 Å². The van der Waals surface area contributed by atoms with Crippen LogP contribution >= 0.6 is 0 Å². The van der Waals surface area contributed by atoms with E-state index in [9.17, 15) is 18.3 Å². The Hall–Kier alpha value is -1.84. The number of hydrogen-bond donors (Lipinski definition) is 3. The van der Waals surface area contributed by atoms with Crippen molar-refractivity contribution < 1.29 is 23.1 Å². The smallest absolute Gasteiger partial charge is 0.276 e. The molecule has 1 fully saturated rings. The zero-order valence-corrected chi connectivity index (χ0v) is 13.0. The number of para-hydroxylation sites is 1. The minimum atomic E-state index is -3.68. The van der Waals surface area contributed by atoms with Crippen LogP contribution < -0.4 is 15.2 Å². The maximum atomic E-state index is 12.2. The average molecular weight is 329 g/mol. The lowest BCUT2D eigenvalue weighted by atomic mass is 10.1. The fourth-order valence-electron chi connectivity index (χ4n) is 2.39. The standard InChI is InChI=1S/C13H19N3O5S/c1-21-11-4-2-3-10(12(11)17)13(18)15-9-5-7-16(8-6-9)22(14,19)20/h2-4,9,17H,5-8H2,1H3,(H,15,18)(H2,14,19,20). The van der Waals surface area contributed by atoms with Crippen LogP contribution in [-0.4, -0.2) is 50.0 Å². The number of amides is 1. The Kier molecular flexibility index (Phi) is 4.89. The number of aromatic hydroxyl groups is 1. The van der Waals surface area contributed by atoms with Crippen LogP contribution in [0.3, 0.4) is 0 Å². The second-order valence-electron chi connectivity index (χ2n) is 5.05. The maximum Gasteiger partial charge on any atom is 0.276 e. The second-order valence-corrected chi connectivity index (χ2v) is 6.59. The van der Waals surface area contributed by atoms with Gasteiger partial charge in [0, 0.05) is 19.1 Å². The van der Waals surface area contributed by atoms with E-state index in [1.54, 1.807) is 12.1 Å². The van der Waals surface area contributed by atoms with Gasteiger partial charge in [-0.3, -0.25) is 4.79 Å². The molecule has 0 unspecified atom stereocenters. The van der Waals surface area contributed by atoms with Gasteiger partial charge in [-0.05, 0) is 25.0 Å². The molecule has 1 heterocycles. The number of piperidine rings is 1. The SMILES string of the molecule is COc1cccc(C(=O)NC2CCN(S(N)(=O)=O)CC2)c1O. The molecule has 9 heteroatoms. The number of phenols is 1. The Balaban J connectivity index is 2.00. The van der Waals surface area contributed by atoms with E-state index in [0.717, 1.165) is 0 Å². The number of carbonyl (C=O) groups excluding carboxylic acids is 1. The van der Waals surface area contributed by atoms with Crippen molar-refractivity contribution in [1.29, 1.82) is 0 Å². The van der Waals surface area contributed by atoms with Crippen LogP contribution in [0.15, 0.2) is 18.2 Å². The van der Waals surface area contributed by atoms with Crippen molar-refractivity contribution in [3.05, 3.63) is 23.8 Å². The van der Waals surface area contributed by atoms with Crippen molar-refractivity contribution in [2.45, 2.75) is 18.9 Å². The van der Waals surface area contributed by atoms with Crippen LogP contribution in [0.1, 0.15) is 23.2 Å². The molecule has 4 N–H and O–H groups in total. The first kappa shape index (κ1) is 16.5. The highest BCUT2D eigenvalue weighted by Gasteiger charge is 2.27. The zero-order chi connectivity index (χ0) is 16.3. The molecule has 0 aromatic heterocycles. The van der Waals surface area contributed by atoms with E-state index < -0.39 is 16.1 Å². The lowest BCUT2D eigenvalue weighted by Gasteiger charge is -2.30. The fourth-order valence-corrected chi connectivity index (χ4v) is 3.11. The molecular formula is C13H19N3O5S. The van der Waals surface area contributed by atoms with Crippen molar-refractivity contribution in [3.8, 4) is 11.5 Å². The number of phenolic OH excluding ortho intramolecular Hbond substituents is 1. The summed E-state index contributed by atoms with van der Waals surface area (Å²) in [6.07, 6.45) is 0.930. The molecule has 1 saturated heterocycles. The van der Waals surface area contributed by atoms with E-state index in [4.69, 9.17) is 9.88 Å². The summed E-state index contributed by atoms with van der Waals surface area (Å²) in [5, 5.41) is 17.8. The van der Waals surface area contributed by atoms with E-state index in [1.807, 2.05) is 0 Å². The third-order valence-corrected chi connectivity index (χ3v) is 4.70. The minimum Gasteiger partial charge on any atom is -0.504 e. The summed E-state index contributed by atoms with van der Waals surface area (Å²) in [4.78, 5) is 12.2. The maximum absolute atomic E-state index is 12.2. The molecule has 1 aliphatic heterocycles. The molecule has 2 rings (SSSR count). The molecule has 1 aliphatic rings. The third-order valence-electron chi connectivity index (χ3n) is 3.61. The highest BCUT2D eigenvalue weighted by molar-refractivity contribution is 7.86. The van der Waals surface area contributed by atoms with Crippen molar-refractivity contribution in [2.24, 2.45) is 5.14 Å². The Labute approximate surface area is 129 Å². The van der Waals surface area contributed by atoms with Crippen molar-refractivity contribution >= 4 is 16.1 Å². The summed E-state index contributed by atoms with van der Waals surface area (Å²) in [5.74, 6) is -0.424. The van der Waals surface area contributed by atoms with Crippen LogP contribution in [0.4, 0.5) is 0 Å². The number of carbonyl (C=O) groups is 1. The van der Waals surface area contributed by atoms with Crippen LogP contribution in [0, 0.1) is 0 Å². The quantitative estimate of drug-likeness (QED) is 0.706. The van der Waals surface area contributed by atoms with E-state index in [-0.39, 0.29) is 36.2 Å². The Morgan fingerprint density at radius 2 is 2.05 bits per heavy atom. The van der Waals surface area contributed by atoms with Crippen molar-refractivity contribution in [1.82, 2.24) is 9.62 Å². The number of nitrogens with two attached hydrogens (primary N) is 1.